The summed E-state index contributed by atoms with van der Waals surface area (Å²) in [6.45, 7) is 6.77. The lowest BCUT2D eigenvalue weighted by molar-refractivity contribution is -0.308. The SMILES string of the molecule is C=C1C[C@@]23CC[C@H]4[C@@](C)(CC[C@H](O)[C@]4(C)C(=O)O[C@@H]4O[C@H](CO[C@@H]5OC[C@](O)(CO)[C@H]5O)[C@@H](O)[C@H](O)[C@H]4O)[C@@H]2CC[C@@H]1C3. The van der Waals surface area contributed by atoms with E-state index in [2.05, 4.69) is 13.5 Å². The van der Waals surface area contributed by atoms with E-state index in [1.165, 1.54) is 5.57 Å². The first kappa shape index (κ1) is 31.8. The lowest BCUT2D eigenvalue weighted by Crippen LogP contribution is -2.64. The maximum absolute atomic E-state index is 14.1. The van der Waals surface area contributed by atoms with Gasteiger partial charge >= 0.3 is 5.97 Å². The maximum atomic E-state index is 14.1. The van der Waals surface area contributed by atoms with E-state index in [0.717, 1.165) is 44.9 Å². The molecule has 0 unspecified atom stereocenters. The summed E-state index contributed by atoms with van der Waals surface area (Å²) in [7, 11) is 0. The fourth-order valence-corrected chi connectivity index (χ4v) is 10.0. The van der Waals surface area contributed by atoms with Gasteiger partial charge in [-0.05, 0) is 86.9 Å². The molecule has 2 bridgehead atoms. The number of carbonyl (C=O) groups excluding carboxylic acids is 1. The van der Waals surface area contributed by atoms with Crippen LogP contribution in [0.2, 0.25) is 0 Å². The van der Waals surface area contributed by atoms with Crippen molar-refractivity contribution in [1.29, 1.82) is 0 Å². The Labute approximate surface area is 251 Å². The smallest absolute Gasteiger partial charge is 0.317 e. The zero-order chi connectivity index (χ0) is 31.1. The van der Waals surface area contributed by atoms with Crippen LogP contribution in [-0.2, 0) is 23.7 Å². The van der Waals surface area contributed by atoms with Crippen LogP contribution in [0, 0.1) is 34.0 Å². The number of hydrogen-bond donors (Lipinski definition) is 7. The molecule has 1 spiro atoms. The molecule has 0 amide bonds. The van der Waals surface area contributed by atoms with Gasteiger partial charge in [0.1, 0.15) is 36.1 Å². The van der Waals surface area contributed by atoms with Crippen molar-refractivity contribution in [2.45, 2.75) is 120 Å². The quantitative estimate of drug-likeness (QED) is 0.154. The lowest BCUT2D eigenvalue weighted by atomic mass is 9.40. The lowest BCUT2D eigenvalue weighted by Gasteiger charge is -2.64. The molecule has 12 heteroatoms. The van der Waals surface area contributed by atoms with E-state index in [1.807, 2.05) is 0 Å². The van der Waals surface area contributed by atoms with E-state index in [9.17, 15) is 40.5 Å². The van der Waals surface area contributed by atoms with Crippen LogP contribution in [0.15, 0.2) is 12.2 Å². The molecular weight excluding hydrogens is 564 g/mol. The second-order valence-electron chi connectivity index (χ2n) is 14.8. The normalized spacial score (nSPS) is 54.6. The minimum absolute atomic E-state index is 0.168. The average Bonchev–Trinajstić information content (AvgIpc) is 3.40. The molecule has 2 saturated heterocycles. The Morgan fingerprint density at radius 3 is 2.42 bits per heavy atom. The van der Waals surface area contributed by atoms with Crippen molar-refractivity contribution in [3.05, 3.63) is 12.2 Å². The molecule has 0 aromatic rings. The molecule has 0 radical (unpaired) electrons. The molecule has 6 aliphatic rings. The molecular formula is C31H48O12. The summed E-state index contributed by atoms with van der Waals surface area (Å²) < 4.78 is 22.2. The molecule has 6 rings (SSSR count). The first-order chi connectivity index (χ1) is 20.2. The fraction of sp³-hybridized carbons (Fsp3) is 0.903. The van der Waals surface area contributed by atoms with Gasteiger partial charge in [-0.2, -0.15) is 0 Å². The monoisotopic (exact) mass is 612 g/mol. The number of hydrogen-bond acceptors (Lipinski definition) is 12. The topological polar surface area (TPSA) is 196 Å². The molecule has 6 fully saturated rings. The molecule has 2 heterocycles. The van der Waals surface area contributed by atoms with Gasteiger partial charge in [0.2, 0.25) is 6.29 Å². The summed E-state index contributed by atoms with van der Waals surface area (Å²) in [6, 6.07) is 0. The van der Waals surface area contributed by atoms with Crippen molar-refractivity contribution in [2.24, 2.45) is 34.0 Å². The number of allylic oxidation sites excluding steroid dienone is 1. The summed E-state index contributed by atoms with van der Waals surface area (Å²) in [6.07, 6.45) is -4.72. The Morgan fingerprint density at radius 2 is 1.72 bits per heavy atom. The second kappa shape index (κ2) is 11.0. The van der Waals surface area contributed by atoms with Crippen LogP contribution in [0.4, 0.5) is 0 Å². The summed E-state index contributed by atoms with van der Waals surface area (Å²) >= 11 is 0. The van der Waals surface area contributed by atoms with Crippen molar-refractivity contribution >= 4 is 5.97 Å². The minimum Gasteiger partial charge on any atom is -0.432 e. The molecule has 0 aromatic heterocycles. The van der Waals surface area contributed by atoms with Crippen molar-refractivity contribution in [3.63, 3.8) is 0 Å². The maximum Gasteiger partial charge on any atom is 0.317 e. The zero-order valence-corrected chi connectivity index (χ0v) is 25.0. The van der Waals surface area contributed by atoms with Gasteiger partial charge in [-0.1, -0.05) is 19.1 Å². The molecule has 43 heavy (non-hydrogen) atoms. The van der Waals surface area contributed by atoms with Crippen LogP contribution in [0.5, 0.6) is 0 Å². The van der Waals surface area contributed by atoms with Crippen LogP contribution in [0.3, 0.4) is 0 Å². The number of carbonyl (C=O) groups is 1. The van der Waals surface area contributed by atoms with Crippen molar-refractivity contribution in [3.8, 4) is 0 Å². The van der Waals surface area contributed by atoms with E-state index in [4.69, 9.17) is 18.9 Å². The molecule has 15 atom stereocenters. The zero-order valence-electron chi connectivity index (χ0n) is 25.0. The van der Waals surface area contributed by atoms with Gasteiger partial charge in [0, 0.05) is 0 Å². The molecule has 0 aromatic carbocycles. The molecule has 244 valence electrons. The largest absolute Gasteiger partial charge is 0.432 e. The number of aliphatic hydroxyl groups is 7. The molecule has 7 N–H and O–H groups in total. The van der Waals surface area contributed by atoms with Gasteiger partial charge in [0.15, 0.2) is 6.29 Å². The van der Waals surface area contributed by atoms with Crippen LogP contribution >= 0.6 is 0 Å². The van der Waals surface area contributed by atoms with Gasteiger partial charge in [-0.3, -0.25) is 4.79 Å². The van der Waals surface area contributed by atoms with Gasteiger partial charge in [0.05, 0.1) is 31.3 Å². The fourth-order valence-electron chi connectivity index (χ4n) is 10.0. The molecule has 4 saturated carbocycles. The third-order valence-corrected chi connectivity index (χ3v) is 12.6. The molecule has 2 aliphatic heterocycles. The first-order valence-electron chi connectivity index (χ1n) is 15.7. The highest BCUT2D eigenvalue weighted by Crippen LogP contribution is 2.72. The highest BCUT2D eigenvalue weighted by molar-refractivity contribution is 5.78. The van der Waals surface area contributed by atoms with E-state index in [0.29, 0.717) is 18.3 Å². The molecule has 4 aliphatic carbocycles. The summed E-state index contributed by atoms with van der Waals surface area (Å²) in [4.78, 5) is 14.1. The van der Waals surface area contributed by atoms with Crippen LogP contribution in [0.1, 0.15) is 65.2 Å². The number of esters is 1. The second-order valence-corrected chi connectivity index (χ2v) is 14.8. The van der Waals surface area contributed by atoms with E-state index < -0.39 is 79.4 Å². The number of aliphatic hydroxyl groups excluding tert-OH is 6. The third kappa shape index (κ3) is 4.75. The average molecular weight is 613 g/mol. The minimum atomic E-state index is -1.92. The predicted molar refractivity (Wildman–Crippen MR) is 148 cm³/mol. The molecule has 12 nitrogen and oxygen atoms in total. The van der Waals surface area contributed by atoms with Crippen molar-refractivity contribution in [2.75, 3.05) is 19.8 Å². The first-order valence-corrected chi connectivity index (χ1v) is 15.7. The van der Waals surface area contributed by atoms with Crippen LogP contribution in [0.25, 0.3) is 0 Å². The summed E-state index contributed by atoms with van der Waals surface area (Å²) in [5.74, 6) is 0.0840. The van der Waals surface area contributed by atoms with Gasteiger partial charge in [-0.25, -0.2) is 0 Å². The predicted octanol–water partition coefficient (Wildman–Crippen LogP) is -0.266. The van der Waals surface area contributed by atoms with Crippen LogP contribution < -0.4 is 0 Å². The van der Waals surface area contributed by atoms with E-state index in [-0.39, 0.29) is 23.4 Å². The number of fused-ring (bicyclic) bond motifs is 3. The van der Waals surface area contributed by atoms with Gasteiger partial charge < -0.3 is 54.7 Å². The van der Waals surface area contributed by atoms with E-state index in [1.54, 1.807) is 6.92 Å². The van der Waals surface area contributed by atoms with E-state index >= 15 is 0 Å². The Kier molecular flexibility index (Phi) is 8.10. The summed E-state index contributed by atoms with van der Waals surface area (Å²) in [5.41, 5.74) is -1.86. The number of rotatable bonds is 6. The highest BCUT2D eigenvalue weighted by atomic mass is 16.7. The Morgan fingerprint density at radius 1 is 0.977 bits per heavy atom. The van der Waals surface area contributed by atoms with Crippen molar-refractivity contribution in [1.82, 2.24) is 0 Å². The number of ether oxygens (including phenoxy) is 4. The van der Waals surface area contributed by atoms with Crippen molar-refractivity contribution < 1.29 is 59.5 Å². The Balaban J connectivity index is 1.17. The van der Waals surface area contributed by atoms with Gasteiger partial charge in [-0.15, -0.1) is 0 Å². The highest BCUT2D eigenvalue weighted by Gasteiger charge is 2.67. The third-order valence-electron chi connectivity index (χ3n) is 12.6. The Bertz CT molecular complexity index is 1100. The standard InChI is InChI=1S/C31H48O12/c1-15-10-30-9-6-18-28(2,19(30)5-4-16(15)11-30)8-7-20(33)29(18,3)27(38)43-25-23(36)22(35)21(34)17(42-25)12-40-26-24(37)31(39,13-32)14-41-26/h16-26,32-37,39H,1,4-14H2,2-3H3/t16-,17-,18+,19+,20+,21-,22+,23-,24+,25+,26-,28-,29-,30-,31-/m1/s1. The Hall–Kier alpha value is -1.19. The van der Waals surface area contributed by atoms with Crippen LogP contribution in [-0.4, -0.2) is 116 Å². The van der Waals surface area contributed by atoms with Gasteiger partial charge in [0.25, 0.3) is 0 Å². The summed E-state index contributed by atoms with van der Waals surface area (Å²) in [5, 5.41) is 73.0.